The molecule has 0 amide bonds. The van der Waals surface area contributed by atoms with Gasteiger partial charge >= 0.3 is 5.00 Å². The topological polar surface area (TPSA) is 89.3 Å². The fourth-order valence-corrected chi connectivity index (χ4v) is 4.13. The van der Waals surface area contributed by atoms with E-state index in [1.54, 1.807) is 11.4 Å². The van der Waals surface area contributed by atoms with Crippen molar-refractivity contribution in [2.24, 2.45) is 0 Å². The van der Waals surface area contributed by atoms with E-state index < -0.39 is 14.8 Å². The van der Waals surface area contributed by atoms with E-state index in [9.17, 15) is 18.5 Å². The number of hydrogen-bond acceptors (Lipinski definition) is 6. The van der Waals surface area contributed by atoms with E-state index in [0.29, 0.717) is 19.4 Å². The maximum absolute atomic E-state index is 11.2. The Morgan fingerprint density at radius 2 is 2.11 bits per heavy atom. The van der Waals surface area contributed by atoms with E-state index in [1.807, 2.05) is 0 Å². The average molecular weight is 290 g/mol. The molecule has 0 bridgehead atoms. The summed E-state index contributed by atoms with van der Waals surface area (Å²) in [6.45, 7) is 0.551. The summed E-state index contributed by atoms with van der Waals surface area (Å²) in [6, 6.07) is 1.74. The number of thiophene rings is 1. The molecule has 1 aliphatic heterocycles. The fraction of sp³-hybridized carbons (Fsp3) is 0.600. The van der Waals surface area contributed by atoms with Crippen LogP contribution >= 0.6 is 11.3 Å². The Hall–Kier alpha value is -0.990. The Labute approximate surface area is 109 Å². The van der Waals surface area contributed by atoms with Crippen LogP contribution in [-0.4, -0.2) is 30.9 Å². The molecule has 0 radical (unpaired) electrons. The van der Waals surface area contributed by atoms with Crippen LogP contribution in [0.2, 0.25) is 0 Å². The van der Waals surface area contributed by atoms with Crippen LogP contribution in [0, 0.1) is 10.1 Å². The molecule has 100 valence electrons. The molecule has 0 unspecified atom stereocenters. The van der Waals surface area contributed by atoms with Gasteiger partial charge in [0.25, 0.3) is 0 Å². The molecule has 2 rings (SSSR count). The zero-order valence-electron chi connectivity index (χ0n) is 9.66. The smallest absolute Gasteiger partial charge is 0.310 e. The van der Waals surface area contributed by atoms with Gasteiger partial charge in [-0.1, -0.05) is 11.3 Å². The summed E-state index contributed by atoms with van der Waals surface area (Å²) in [5.41, 5.74) is 0.875. The molecule has 1 fully saturated rings. The van der Waals surface area contributed by atoms with Crippen LogP contribution in [0.5, 0.6) is 0 Å². The number of nitrogens with zero attached hydrogens (tertiary/aromatic N) is 1. The minimum atomic E-state index is -2.83. The Bertz CT molecular complexity index is 524. The van der Waals surface area contributed by atoms with Crippen molar-refractivity contribution in [3.05, 3.63) is 27.1 Å². The van der Waals surface area contributed by atoms with Gasteiger partial charge in [-0.25, -0.2) is 8.42 Å². The highest BCUT2D eigenvalue weighted by atomic mass is 32.2. The summed E-state index contributed by atoms with van der Waals surface area (Å²) in [6.07, 6.45) is 1.24. The van der Waals surface area contributed by atoms with Crippen LogP contribution < -0.4 is 5.32 Å². The van der Waals surface area contributed by atoms with E-state index in [0.717, 1.165) is 16.9 Å². The lowest BCUT2D eigenvalue weighted by atomic mass is 10.1. The highest BCUT2D eigenvalue weighted by Crippen LogP contribution is 2.22. The molecule has 1 saturated heterocycles. The number of nitro groups is 1. The van der Waals surface area contributed by atoms with Gasteiger partial charge in [0.2, 0.25) is 0 Å². The molecule has 0 spiro atoms. The number of nitrogens with one attached hydrogen (secondary N) is 1. The van der Waals surface area contributed by atoms with E-state index in [1.165, 1.54) is 0 Å². The molecule has 8 heteroatoms. The molecule has 0 atom stereocenters. The van der Waals surface area contributed by atoms with Crippen LogP contribution in [0.3, 0.4) is 0 Å². The van der Waals surface area contributed by atoms with Gasteiger partial charge < -0.3 is 5.32 Å². The van der Waals surface area contributed by atoms with E-state index in [2.05, 4.69) is 5.32 Å². The van der Waals surface area contributed by atoms with Crippen molar-refractivity contribution >= 4 is 26.2 Å². The third kappa shape index (κ3) is 3.50. The quantitative estimate of drug-likeness (QED) is 0.667. The van der Waals surface area contributed by atoms with Crippen molar-refractivity contribution in [2.75, 3.05) is 11.5 Å². The lowest BCUT2D eigenvalue weighted by molar-refractivity contribution is -0.380. The van der Waals surface area contributed by atoms with Crippen molar-refractivity contribution in [1.82, 2.24) is 5.32 Å². The molecular formula is C10H14N2O4S2. The van der Waals surface area contributed by atoms with Gasteiger partial charge in [0.05, 0.1) is 16.4 Å². The van der Waals surface area contributed by atoms with Gasteiger partial charge in [-0.3, -0.25) is 10.1 Å². The molecule has 0 aromatic carbocycles. The lowest BCUT2D eigenvalue weighted by Gasteiger charge is -2.22. The first-order chi connectivity index (χ1) is 8.46. The van der Waals surface area contributed by atoms with Crippen molar-refractivity contribution in [3.8, 4) is 0 Å². The standard InChI is InChI=1S/C10H14N2O4S2/c13-12(14)10-5-8(7-17-10)6-11-9-1-3-18(15,16)4-2-9/h5,7,9,11H,1-4,6H2. The second kappa shape index (κ2) is 5.33. The second-order valence-corrected chi connectivity index (χ2v) is 7.55. The molecule has 2 heterocycles. The largest absolute Gasteiger partial charge is 0.324 e. The molecule has 18 heavy (non-hydrogen) atoms. The van der Waals surface area contributed by atoms with Crippen molar-refractivity contribution < 1.29 is 13.3 Å². The van der Waals surface area contributed by atoms with Gasteiger partial charge in [-0.05, 0) is 18.4 Å². The predicted octanol–water partition coefficient (Wildman–Crippen LogP) is 1.32. The van der Waals surface area contributed by atoms with E-state index in [4.69, 9.17) is 0 Å². The molecular weight excluding hydrogens is 276 g/mol. The monoisotopic (exact) mass is 290 g/mol. The number of sulfone groups is 1. The molecule has 1 N–H and O–H groups in total. The molecule has 1 aromatic rings. The Balaban J connectivity index is 1.83. The maximum atomic E-state index is 11.2. The van der Waals surface area contributed by atoms with Crippen molar-refractivity contribution in [3.63, 3.8) is 0 Å². The van der Waals surface area contributed by atoms with Gasteiger partial charge in [-0.15, -0.1) is 0 Å². The Morgan fingerprint density at radius 1 is 1.44 bits per heavy atom. The minimum Gasteiger partial charge on any atom is -0.310 e. The third-order valence-electron chi connectivity index (χ3n) is 2.97. The van der Waals surface area contributed by atoms with Gasteiger partial charge in [0, 0.05) is 24.0 Å². The normalized spacial score (nSPS) is 19.8. The zero-order chi connectivity index (χ0) is 13.2. The summed E-state index contributed by atoms with van der Waals surface area (Å²) in [4.78, 5) is 10.1. The first kappa shape index (κ1) is 13.4. The first-order valence-electron chi connectivity index (χ1n) is 5.62. The van der Waals surface area contributed by atoms with Gasteiger partial charge in [0.15, 0.2) is 0 Å². The predicted molar refractivity (Wildman–Crippen MR) is 69.5 cm³/mol. The highest BCUT2D eigenvalue weighted by Gasteiger charge is 2.23. The SMILES string of the molecule is O=[N+]([O-])c1cc(CNC2CCS(=O)(=O)CC2)cs1. The lowest BCUT2D eigenvalue weighted by Crippen LogP contribution is -2.37. The molecule has 1 aliphatic rings. The maximum Gasteiger partial charge on any atom is 0.324 e. The summed E-state index contributed by atoms with van der Waals surface area (Å²) < 4.78 is 22.5. The third-order valence-corrected chi connectivity index (χ3v) is 5.61. The molecule has 1 aromatic heterocycles. The fourth-order valence-electron chi connectivity index (χ4n) is 1.91. The van der Waals surface area contributed by atoms with E-state index in [-0.39, 0.29) is 22.5 Å². The van der Waals surface area contributed by atoms with Gasteiger partial charge in [0.1, 0.15) is 9.84 Å². The van der Waals surface area contributed by atoms with Crippen LogP contribution in [0.1, 0.15) is 18.4 Å². The second-order valence-electron chi connectivity index (χ2n) is 4.36. The number of hydrogen-bond donors (Lipinski definition) is 1. The molecule has 0 aliphatic carbocycles. The van der Waals surface area contributed by atoms with Gasteiger partial charge in [-0.2, -0.15) is 0 Å². The molecule has 6 nitrogen and oxygen atoms in total. The van der Waals surface area contributed by atoms with Crippen LogP contribution in [0.25, 0.3) is 0 Å². The average Bonchev–Trinajstić information content (AvgIpc) is 2.76. The summed E-state index contributed by atoms with van der Waals surface area (Å²) in [5.74, 6) is 0.461. The Morgan fingerprint density at radius 3 is 2.67 bits per heavy atom. The van der Waals surface area contributed by atoms with Crippen LogP contribution in [-0.2, 0) is 16.4 Å². The van der Waals surface area contributed by atoms with Crippen molar-refractivity contribution in [2.45, 2.75) is 25.4 Å². The molecule has 0 saturated carbocycles. The first-order valence-corrected chi connectivity index (χ1v) is 8.32. The minimum absolute atomic E-state index is 0.137. The highest BCUT2D eigenvalue weighted by molar-refractivity contribution is 7.91. The Kier molecular flexibility index (Phi) is 3.98. The van der Waals surface area contributed by atoms with E-state index >= 15 is 0 Å². The summed E-state index contributed by atoms with van der Waals surface area (Å²) >= 11 is 1.11. The van der Waals surface area contributed by atoms with Crippen molar-refractivity contribution in [1.29, 1.82) is 0 Å². The summed E-state index contributed by atoms with van der Waals surface area (Å²) in [7, 11) is -2.83. The number of rotatable bonds is 4. The zero-order valence-corrected chi connectivity index (χ0v) is 11.3. The van der Waals surface area contributed by atoms with Crippen LogP contribution in [0.15, 0.2) is 11.4 Å². The summed E-state index contributed by atoms with van der Waals surface area (Å²) in [5, 5.41) is 15.7. The van der Waals surface area contributed by atoms with Crippen LogP contribution in [0.4, 0.5) is 5.00 Å².